The summed E-state index contributed by atoms with van der Waals surface area (Å²) in [5, 5.41) is 0. The third kappa shape index (κ3) is 2.55. The van der Waals surface area contributed by atoms with E-state index in [2.05, 4.69) is 23.9 Å². The van der Waals surface area contributed by atoms with Gasteiger partial charge in [0.1, 0.15) is 5.75 Å². The van der Waals surface area contributed by atoms with Crippen molar-refractivity contribution in [3.8, 4) is 5.75 Å². The van der Waals surface area contributed by atoms with Gasteiger partial charge < -0.3 is 4.84 Å². The van der Waals surface area contributed by atoms with Crippen molar-refractivity contribution in [1.82, 2.24) is 0 Å². The van der Waals surface area contributed by atoms with E-state index in [1.54, 1.807) is 0 Å². The van der Waals surface area contributed by atoms with Crippen LogP contribution in [0.5, 0.6) is 5.75 Å². The molecule has 2 heteroatoms. The van der Waals surface area contributed by atoms with Crippen molar-refractivity contribution in [2.45, 2.75) is 26.2 Å². The van der Waals surface area contributed by atoms with Crippen LogP contribution in [0.2, 0.25) is 0 Å². The summed E-state index contributed by atoms with van der Waals surface area (Å²) in [5.41, 5.74) is 1.35. The van der Waals surface area contributed by atoms with Crippen LogP contribution in [0.4, 0.5) is 0 Å². The van der Waals surface area contributed by atoms with E-state index < -0.39 is 0 Å². The van der Waals surface area contributed by atoms with Crippen molar-refractivity contribution in [1.29, 1.82) is 0 Å². The number of rotatable bonds is 4. The van der Waals surface area contributed by atoms with E-state index in [9.17, 15) is 0 Å². The van der Waals surface area contributed by atoms with Crippen molar-refractivity contribution in [2.75, 3.05) is 0 Å². The Labute approximate surface area is 73.3 Å². The van der Waals surface area contributed by atoms with Gasteiger partial charge in [-0.3, -0.25) is 0 Å². The molecular formula is C10H15NO. The molecule has 0 unspecified atom stereocenters. The molecule has 0 radical (unpaired) electrons. The second kappa shape index (κ2) is 4.78. The molecule has 1 aromatic rings. The summed E-state index contributed by atoms with van der Waals surface area (Å²) >= 11 is 0. The van der Waals surface area contributed by atoms with Crippen LogP contribution in [0.15, 0.2) is 24.3 Å². The Balaban J connectivity index is 2.53. The van der Waals surface area contributed by atoms with Crippen LogP contribution in [0.1, 0.15) is 25.3 Å². The molecule has 2 N–H and O–H groups in total. The van der Waals surface area contributed by atoms with Crippen LogP contribution in [0, 0.1) is 0 Å². The molecule has 0 amide bonds. The molecule has 0 aliphatic heterocycles. The first-order valence-electron chi connectivity index (χ1n) is 4.32. The fourth-order valence-corrected chi connectivity index (χ4v) is 1.12. The first-order chi connectivity index (χ1) is 5.86. The van der Waals surface area contributed by atoms with Gasteiger partial charge in [0.2, 0.25) is 0 Å². The molecule has 12 heavy (non-hydrogen) atoms. The molecular weight excluding hydrogens is 150 g/mol. The third-order valence-corrected chi connectivity index (χ3v) is 1.88. The lowest BCUT2D eigenvalue weighted by molar-refractivity contribution is 0.334. The number of nitrogens with two attached hydrogens (primary N) is 1. The molecule has 2 nitrogen and oxygen atoms in total. The maximum Gasteiger partial charge on any atom is 0.146 e. The van der Waals surface area contributed by atoms with Gasteiger partial charge in [-0.15, -0.1) is 0 Å². The van der Waals surface area contributed by atoms with Gasteiger partial charge >= 0.3 is 0 Å². The zero-order valence-electron chi connectivity index (χ0n) is 7.42. The quantitative estimate of drug-likeness (QED) is 0.695. The van der Waals surface area contributed by atoms with E-state index in [0.29, 0.717) is 0 Å². The van der Waals surface area contributed by atoms with E-state index >= 15 is 0 Å². The highest BCUT2D eigenvalue weighted by Crippen LogP contribution is 2.12. The predicted octanol–water partition coefficient (Wildman–Crippen LogP) is 2.28. The van der Waals surface area contributed by atoms with Gasteiger partial charge in [-0.25, -0.2) is 0 Å². The smallest absolute Gasteiger partial charge is 0.146 e. The van der Waals surface area contributed by atoms with E-state index in [0.717, 1.165) is 12.2 Å². The molecule has 0 heterocycles. The average Bonchev–Trinajstić information content (AvgIpc) is 2.15. The monoisotopic (exact) mass is 165 g/mol. The lowest BCUT2D eigenvalue weighted by Crippen LogP contribution is -2.01. The van der Waals surface area contributed by atoms with Crippen molar-refractivity contribution in [3.63, 3.8) is 0 Å². The molecule has 0 atom stereocenters. The fourth-order valence-electron chi connectivity index (χ4n) is 1.12. The Morgan fingerprint density at radius 1 is 1.25 bits per heavy atom. The van der Waals surface area contributed by atoms with Crippen LogP contribution in [-0.4, -0.2) is 0 Å². The molecule has 1 aromatic carbocycles. The van der Waals surface area contributed by atoms with Gasteiger partial charge in [-0.2, -0.15) is 5.90 Å². The van der Waals surface area contributed by atoms with Crippen LogP contribution >= 0.6 is 0 Å². The molecule has 66 valence electrons. The Morgan fingerprint density at radius 3 is 2.42 bits per heavy atom. The molecule has 0 fully saturated rings. The number of hydrogen-bond acceptors (Lipinski definition) is 2. The number of benzene rings is 1. The molecule has 1 rings (SSSR count). The summed E-state index contributed by atoms with van der Waals surface area (Å²) in [6.45, 7) is 2.19. The summed E-state index contributed by atoms with van der Waals surface area (Å²) in [4.78, 5) is 4.57. The summed E-state index contributed by atoms with van der Waals surface area (Å²) in [6.07, 6.45) is 3.61. The zero-order chi connectivity index (χ0) is 8.81. The maximum absolute atomic E-state index is 5.00. The lowest BCUT2D eigenvalue weighted by atomic mass is 10.1. The minimum absolute atomic E-state index is 0.718. The number of hydrogen-bond donors (Lipinski definition) is 1. The molecule has 0 aromatic heterocycles. The fraction of sp³-hybridized carbons (Fsp3) is 0.400. The second-order valence-corrected chi connectivity index (χ2v) is 2.87. The van der Waals surface area contributed by atoms with Crippen LogP contribution < -0.4 is 10.7 Å². The normalized spacial score (nSPS) is 9.83. The van der Waals surface area contributed by atoms with Gasteiger partial charge in [0.25, 0.3) is 0 Å². The maximum atomic E-state index is 5.00. The summed E-state index contributed by atoms with van der Waals surface area (Å²) in [5.74, 6) is 5.72. The summed E-state index contributed by atoms with van der Waals surface area (Å²) in [6, 6.07) is 7.89. The number of aryl methyl sites for hydroxylation is 1. The SMILES string of the molecule is CCCCc1ccc(ON)cc1. The molecule has 0 aliphatic rings. The van der Waals surface area contributed by atoms with Crippen molar-refractivity contribution in [3.05, 3.63) is 29.8 Å². The first-order valence-corrected chi connectivity index (χ1v) is 4.32. The largest absolute Gasteiger partial charge is 0.412 e. The summed E-state index contributed by atoms with van der Waals surface area (Å²) < 4.78 is 0. The second-order valence-electron chi connectivity index (χ2n) is 2.87. The molecule has 0 bridgehead atoms. The van der Waals surface area contributed by atoms with E-state index in [-0.39, 0.29) is 0 Å². The molecule has 0 saturated heterocycles. The average molecular weight is 165 g/mol. The topological polar surface area (TPSA) is 35.2 Å². The van der Waals surface area contributed by atoms with Gasteiger partial charge in [-0.1, -0.05) is 25.5 Å². The van der Waals surface area contributed by atoms with E-state index in [1.165, 1.54) is 18.4 Å². The summed E-state index contributed by atoms with van der Waals surface area (Å²) in [7, 11) is 0. The van der Waals surface area contributed by atoms with Crippen LogP contribution in [-0.2, 0) is 6.42 Å². The Bertz CT molecular complexity index is 218. The Hall–Kier alpha value is -1.02. The highest BCUT2D eigenvalue weighted by atomic mass is 16.6. The zero-order valence-corrected chi connectivity index (χ0v) is 7.42. The molecule has 0 saturated carbocycles. The van der Waals surface area contributed by atoms with Crippen molar-refractivity contribution < 1.29 is 4.84 Å². The van der Waals surface area contributed by atoms with Gasteiger partial charge in [0.05, 0.1) is 0 Å². The van der Waals surface area contributed by atoms with Gasteiger partial charge in [-0.05, 0) is 30.5 Å². The number of unbranched alkanes of at least 4 members (excludes halogenated alkanes) is 1. The van der Waals surface area contributed by atoms with Gasteiger partial charge in [0.15, 0.2) is 0 Å². The minimum Gasteiger partial charge on any atom is -0.412 e. The lowest BCUT2D eigenvalue weighted by Gasteiger charge is -2.01. The first kappa shape index (κ1) is 9.07. The molecule has 0 spiro atoms. The highest BCUT2D eigenvalue weighted by molar-refractivity contribution is 5.26. The van der Waals surface area contributed by atoms with Crippen molar-refractivity contribution >= 4 is 0 Å². The minimum atomic E-state index is 0.718. The highest BCUT2D eigenvalue weighted by Gasteiger charge is 1.93. The van der Waals surface area contributed by atoms with Gasteiger partial charge in [0, 0.05) is 0 Å². The van der Waals surface area contributed by atoms with E-state index in [1.807, 2.05) is 12.1 Å². The molecule has 0 aliphatic carbocycles. The Morgan fingerprint density at radius 2 is 1.92 bits per heavy atom. The van der Waals surface area contributed by atoms with E-state index in [4.69, 9.17) is 5.90 Å². The predicted molar refractivity (Wildman–Crippen MR) is 49.9 cm³/mol. The standard InChI is InChI=1S/C10H15NO/c1-2-3-4-9-5-7-10(12-11)8-6-9/h5-8H,2-4,11H2,1H3. The Kier molecular flexibility index (Phi) is 3.61. The van der Waals surface area contributed by atoms with Crippen molar-refractivity contribution in [2.24, 2.45) is 5.90 Å². The van der Waals surface area contributed by atoms with Crippen LogP contribution in [0.3, 0.4) is 0 Å². The third-order valence-electron chi connectivity index (χ3n) is 1.88. The van der Waals surface area contributed by atoms with Crippen LogP contribution in [0.25, 0.3) is 0 Å².